The summed E-state index contributed by atoms with van der Waals surface area (Å²) in [5.74, 6) is -0.274. The fourth-order valence-corrected chi connectivity index (χ4v) is 5.16. The van der Waals surface area contributed by atoms with E-state index in [0.717, 1.165) is 35.3 Å². The summed E-state index contributed by atoms with van der Waals surface area (Å²) in [5.41, 5.74) is 1.21. The van der Waals surface area contributed by atoms with E-state index in [-0.39, 0.29) is 24.6 Å². The Morgan fingerprint density at radius 1 is 1.17 bits per heavy atom. The highest BCUT2D eigenvalue weighted by Crippen LogP contribution is 2.35. The molecule has 1 amide bonds. The van der Waals surface area contributed by atoms with Gasteiger partial charge in [0.1, 0.15) is 11.4 Å². The lowest BCUT2D eigenvalue weighted by Crippen LogP contribution is -2.43. The summed E-state index contributed by atoms with van der Waals surface area (Å²) in [4.78, 5) is 40.7. The summed E-state index contributed by atoms with van der Waals surface area (Å²) in [6.45, 7) is 0.840. The van der Waals surface area contributed by atoms with Gasteiger partial charge in [0, 0.05) is 18.5 Å². The van der Waals surface area contributed by atoms with E-state index < -0.39 is 5.69 Å². The quantitative estimate of drug-likeness (QED) is 0.596. The van der Waals surface area contributed by atoms with Crippen molar-refractivity contribution in [2.75, 3.05) is 20.3 Å². The number of ether oxygens (including phenoxy) is 1. The molecule has 1 aliphatic rings. The van der Waals surface area contributed by atoms with Crippen molar-refractivity contribution in [3.8, 4) is 0 Å². The van der Waals surface area contributed by atoms with E-state index in [1.165, 1.54) is 20.5 Å². The zero-order chi connectivity index (χ0) is 20.4. The predicted molar refractivity (Wildman–Crippen MR) is 113 cm³/mol. The van der Waals surface area contributed by atoms with E-state index in [1.54, 1.807) is 7.11 Å². The number of methoxy groups -OCH3 is 1. The molecule has 7 nitrogen and oxygen atoms in total. The maximum atomic E-state index is 13.3. The van der Waals surface area contributed by atoms with Gasteiger partial charge in [-0.05, 0) is 30.4 Å². The van der Waals surface area contributed by atoms with Gasteiger partial charge in [-0.2, -0.15) is 0 Å². The molecule has 152 valence electrons. The van der Waals surface area contributed by atoms with Crippen LogP contribution in [0.5, 0.6) is 0 Å². The summed E-state index contributed by atoms with van der Waals surface area (Å²) in [5, 5.41) is 3.35. The van der Waals surface area contributed by atoms with Crippen LogP contribution in [0.3, 0.4) is 0 Å². The molecule has 0 saturated heterocycles. The van der Waals surface area contributed by atoms with E-state index in [0.29, 0.717) is 23.4 Å². The lowest BCUT2D eigenvalue weighted by atomic mass is 10.2. The second-order valence-corrected chi connectivity index (χ2v) is 8.21. The van der Waals surface area contributed by atoms with Crippen molar-refractivity contribution in [1.82, 2.24) is 14.5 Å². The fourth-order valence-electron chi connectivity index (χ4n) is 3.79. The first-order valence-corrected chi connectivity index (χ1v) is 10.5. The van der Waals surface area contributed by atoms with Crippen LogP contribution < -0.4 is 16.6 Å². The number of thiophene rings is 1. The van der Waals surface area contributed by atoms with Crippen molar-refractivity contribution in [2.45, 2.75) is 32.4 Å². The van der Waals surface area contributed by atoms with Crippen molar-refractivity contribution in [2.24, 2.45) is 0 Å². The van der Waals surface area contributed by atoms with Crippen LogP contribution in [0.4, 0.5) is 0 Å². The number of benzene rings is 1. The monoisotopic (exact) mass is 413 g/mol. The molecule has 8 heteroatoms. The molecular formula is C21H23N3O4S. The number of nitrogens with one attached hydrogen (secondary N) is 1. The molecule has 1 aromatic carbocycles. The van der Waals surface area contributed by atoms with Gasteiger partial charge in [-0.1, -0.05) is 30.3 Å². The second kappa shape index (κ2) is 8.34. The zero-order valence-electron chi connectivity index (χ0n) is 16.3. The van der Waals surface area contributed by atoms with Gasteiger partial charge in [0.25, 0.3) is 5.56 Å². The lowest BCUT2D eigenvalue weighted by molar-refractivity contribution is -0.121. The molecule has 1 aliphatic carbocycles. The predicted octanol–water partition coefficient (Wildman–Crippen LogP) is 1.52. The number of hydrogen-bond acceptors (Lipinski definition) is 5. The number of nitrogens with zero attached hydrogens (tertiary/aromatic N) is 2. The van der Waals surface area contributed by atoms with Gasteiger partial charge in [0.2, 0.25) is 5.91 Å². The standard InChI is InChI=1S/C21H23N3O4S/c1-28-11-10-22-17(25)13-24-20-18(15-8-5-9-16(15)29-20)19(26)23(21(24)27)12-14-6-3-2-4-7-14/h2-4,6-7H,5,8-13H2,1H3,(H,22,25). The van der Waals surface area contributed by atoms with Crippen LogP contribution in [0.1, 0.15) is 22.4 Å². The van der Waals surface area contributed by atoms with Crippen molar-refractivity contribution in [1.29, 1.82) is 0 Å². The molecule has 3 aromatic rings. The molecular weight excluding hydrogens is 390 g/mol. The van der Waals surface area contributed by atoms with Gasteiger partial charge in [0.05, 0.1) is 18.5 Å². The number of amides is 1. The van der Waals surface area contributed by atoms with Gasteiger partial charge in [0.15, 0.2) is 0 Å². The number of aryl methyl sites for hydroxylation is 2. The summed E-state index contributed by atoms with van der Waals surface area (Å²) >= 11 is 1.47. The minimum atomic E-state index is -0.451. The first-order chi connectivity index (χ1) is 14.1. The highest BCUT2D eigenvalue weighted by atomic mass is 32.1. The number of rotatable bonds is 7. The van der Waals surface area contributed by atoms with Gasteiger partial charge in [-0.25, -0.2) is 4.79 Å². The van der Waals surface area contributed by atoms with Crippen molar-refractivity contribution in [3.63, 3.8) is 0 Å². The number of carbonyl (C=O) groups is 1. The van der Waals surface area contributed by atoms with E-state index in [2.05, 4.69) is 5.32 Å². The number of aromatic nitrogens is 2. The first-order valence-electron chi connectivity index (χ1n) is 9.67. The number of fused-ring (bicyclic) bond motifs is 3. The molecule has 0 atom stereocenters. The SMILES string of the molecule is COCCNC(=O)Cn1c(=O)n(Cc2ccccc2)c(=O)c2c3c(sc21)CCC3. The topological polar surface area (TPSA) is 82.3 Å². The molecule has 0 bridgehead atoms. The molecule has 0 aliphatic heterocycles. The molecule has 0 fully saturated rings. The highest BCUT2D eigenvalue weighted by molar-refractivity contribution is 7.19. The maximum Gasteiger partial charge on any atom is 0.332 e. The van der Waals surface area contributed by atoms with Crippen LogP contribution in [0.25, 0.3) is 10.2 Å². The molecule has 0 saturated carbocycles. The third kappa shape index (κ3) is 3.77. The lowest BCUT2D eigenvalue weighted by Gasteiger charge is -2.13. The Kier molecular flexibility index (Phi) is 5.64. The van der Waals surface area contributed by atoms with E-state index in [9.17, 15) is 14.4 Å². The van der Waals surface area contributed by atoms with Gasteiger partial charge in [-0.15, -0.1) is 11.3 Å². The van der Waals surface area contributed by atoms with Crippen LogP contribution in [0.15, 0.2) is 39.9 Å². The average Bonchev–Trinajstić information content (AvgIpc) is 3.31. The van der Waals surface area contributed by atoms with Crippen LogP contribution in [-0.4, -0.2) is 35.3 Å². The second-order valence-electron chi connectivity index (χ2n) is 7.13. The van der Waals surface area contributed by atoms with Crippen LogP contribution >= 0.6 is 11.3 Å². The normalized spacial score (nSPS) is 13.0. The van der Waals surface area contributed by atoms with Crippen LogP contribution in [-0.2, 0) is 35.5 Å². The van der Waals surface area contributed by atoms with E-state index >= 15 is 0 Å². The molecule has 2 aromatic heterocycles. The Bertz CT molecular complexity index is 1160. The van der Waals surface area contributed by atoms with Gasteiger partial charge < -0.3 is 10.1 Å². The molecule has 0 unspecified atom stereocenters. The molecule has 29 heavy (non-hydrogen) atoms. The third-order valence-electron chi connectivity index (χ3n) is 5.18. The Balaban J connectivity index is 1.82. The molecule has 4 rings (SSSR count). The Hall–Kier alpha value is -2.71. The molecule has 1 N–H and O–H groups in total. The van der Waals surface area contributed by atoms with Crippen LogP contribution in [0.2, 0.25) is 0 Å². The third-order valence-corrected chi connectivity index (χ3v) is 6.50. The van der Waals surface area contributed by atoms with E-state index in [4.69, 9.17) is 4.74 Å². The smallest absolute Gasteiger partial charge is 0.332 e. The molecule has 0 spiro atoms. The molecule has 2 heterocycles. The average molecular weight is 413 g/mol. The summed E-state index contributed by atoms with van der Waals surface area (Å²) < 4.78 is 7.66. The summed E-state index contributed by atoms with van der Waals surface area (Å²) in [7, 11) is 1.56. The molecule has 0 radical (unpaired) electrons. The van der Waals surface area contributed by atoms with E-state index in [1.807, 2.05) is 30.3 Å². The van der Waals surface area contributed by atoms with Crippen molar-refractivity contribution < 1.29 is 9.53 Å². The number of hydrogen-bond donors (Lipinski definition) is 1. The number of carbonyl (C=O) groups excluding carboxylic acids is 1. The minimum Gasteiger partial charge on any atom is -0.383 e. The highest BCUT2D eigenvalue weighted by Gasteiger charge is 2.25. The van der Waals surface area contributed by atoms with Crippen LogP contribution in [0, 0.1) is 0 Å². The first kappa shape index (κ1) is 19.6. The largest absolute Gasteiger partial charge is 0.383 e. The van der Waals surface area contributed by atoms with Crippen molar-refractivity contribution in [3.05, 3.63) is 67.2 Å². The zero-order valence-corrected chi connectivity index (χ0v) is 17.1. The minimum absolute atomic E-state index is 0.118. The van der Waals surface area contributed by atoms with Gasteiger partial charge >= 0.3 is 5.69 Å². The summed E-state index contributed by atoms with van der Waals surface area (Å²) in [6.07, 6.45) is 2.78. The Morgan fingerprint density at radius 2 is 1.97 bits per heavy atom. The Morgan fingerprint density at radius 3 is 2.72 bits per heavy atom. The van der Waals surface area contributed by atoms with Gasteiger partial charge in [-0.3, -0.25) is 18.7 Å². The maximum absolute atomic E-state index is 13.3. The summed E-state index contributed by atoms with van der Waals surface area (Å²) in [6, 6.07) is 9.42. The van der Waals surface area contributed by atoms with Crippen molar-refractivity contribution >= 4 is 27.5 Å². The fraction of sp³-hybridized carbons (Fsp3) is 0.381. The Labute approximate surface area is 171 Å².